The molecule has 2 aromatic rings. The molecule has 0 N–H and O–H groups in total. The minimum absolute atomic E-state index is 0.0572. The maximum atomic E-state index is 15.3. The first-order chi connectivity index (χ1) is 13.0. The predicted molar refractivity (Wildman–Crippen MR) is 103 cm³/mol. The number of allylic oxidation sites excluding steroid dienone is 2. The summed E-state index contributed by atoms with van der Waals surface area (Å²) in [7, 11) is 0. The normalized spacial score (nSPS) is 24.7. The van der Waals surface area contributed by atoms with Gasteiger partial charge < -0.3 is 0 Å². The maximum absolute atomic E-state index is 15.3. The predicted octanol–water partition coefficient (Wildman–Crippen LogP) is 7.45. The number of hydrogen-bond acceptors (Lipinski definition) is 0. The molecule has 0 spiro atoms. The monoisotopic (exact) mass is 390 g/mol. The molecule has 0 aliphatic heterocycles. The van der Waals surface area contributed by atoms with Crippen LogP contribution < -0.4 is 0 Å². The van der Waals surface area contributed by atoms with Crippen molar-refractivity contribution in [3.63, 3.8) is 0 Å². The zero-order valence-corrected chi connectivity index (χ0v) is 16.0. The summed E-state index contributed by atoms with van der Waals surface area (Å²) < 4.78 is 44.0. The molecule has 142 valence electrons. The molecule has 0 radical (unpaired) electrons. The largest absolute Gasteiger partial charge is 0.206 e. The molecule has 1 saturated carbocycles. The third-order valence-corrected chi connectivity index (χ3v) is 6.52. The Kier molecular flexibility index (Phi) is 5.07. The lowest BCUT2D eigenvalue weighted by molar-refractivity contribution is 0.234. The number of halogens is 4. The van der Waals surface area contributed by atoms with Gasteiger partial charge >= 0.3 is 0 Å². The second-order valence-corrected chi connectivity index (χ2v) is 8.16. The fourth-order valence-corrected chi connectivity index (χ4v) is 5.10. The van der Waals surface area contributed by atoms with Crippen molar-refractivity contribution in [3.8, 4) is 11.1 Å². The summed E-state index contributed by atoms with van der Waals surface area (Å²) in [5.41, 5.74) is 1.46. The number of hydrogen-bond donors (Lipinski definition) is 0. The summed E-state index contributed by atoms with van der Waals surface area (Å²) in [6.07, 6.45) is 8.97. The molecule has 2 aliphatic rings. The van der Waals surface area contributed by atoms with Crippen LogP contribution in [0.15, 0.2) is 36.4 Å². The van der Waals surface area contributed by atoms with Crippen LogP contribution in [0.2, 0.25) is 5.02 Å². The van der Waals surface area contributed by atoms with Gasteiger partial charge in [0.25, 0.3) is 0 Å². The van der Waals surface area contributed by atoms with Crippen molar-refractivity contribution in [2.24, 2.45) is 11.8 Å². The van der Waals surface area contributed by atoms with Gasteiger partial charge in [-0.15, -0.1) is 0 Å². The van der Waals surface area contributed by atoms with Crippen LogP contribution in [0.25, 0.3) is 11.1 Å². The Bertz CT molecular complexity index is 903. The third-order valence-electron chi connectivity index (χ3n) is 6.21. The van der Waals surface area contributed by atoms with E-state index in [4.69, 9.17) is 11.6 Å². The Balaban J connectivity index is 1.74. The molecular formula is C23H22ClF3. The van der Waals surface area contributed by atoms with Crippen molar-refractivity contribution in [3.05, 3.63) is 70.0 Å². The lowest BCUT2D eigenvalue weighted by Gasteiger charge is -2.40. The van der Waals surface area contributed by atoms with Crippen LogP contribution >= 0.6 is 11.6 Å². The third kappa shape index (κ3) is 3.31. The Morgan fingerprint density at radius 2 is 1.85 bits per heavy atom. The Morgan fingerprint density at radius 3 is 2.59 bits per heavy atom. The minimum Gasteiger partial charge on any atom is -0.206 e. The molecule has 0 heterocycles. The number of benzene rings is 2. The van der Waals surface area contributed by atoms with Gasteiger partial charge in [0.05, 0.1) is 10.6 Å². The van der Waals surface area contributed by atoms with E-state index in [0.717, 1.165) is 37.3 Å². The molecule has 3 unspecified atom stereocenters. The fourth-order valence-electron chi connectivity index (χ4n) is 4.98. The summed E-state index contributed by atoms with van der Waals surface area (Å²) in [6.45, 7) is 2.04. The zero-order valence-electron chi connectivity index (χ0n) is 15.2. The maximum Gasteiger partial charge on any atom is 0.142 e. The van der Waals surface area contributed by atoms with E-state index >= 15 is 4.39 Å². The molecule has 0 amide bonds. The van der Waals surface area contributed by atoms with Crippen LogP contribution in [0.3, 0.4) is 0 Å². The van der Waals surface area contributed by atoms with Gasteiger partial charge in [0, 0.05) is 0 Å². The quantitative estimate of drug-likeness (QED) is 0.467. The van der Waals surface area contributed by atoms with Gasteiger partial charge in [-0.3, -0.25) is 0 Å². The van der Waals surface area contributed by atoms with Crippen LogP contribution in [-0.4, -0.2) is 0 Å². The average molecular weight is 391 g/mol. The molecule has 0 bridgehead atoms. The van der Waals surface area contributed by atoms with E-state index in [0.29, 0.717) is 23.8 Å². The Labute approximate surface area is 163 Å². The van der Waals surface area contributed by atoms with Crippen LogP contribution in [0.5, 0.6) is 0 Å². The summed E-state index contributed by atoms with van der Waals surface area (Å²) in [5, 5.41) is -0.0572. The van der Waals surface area contributed by atoms with Crippen molar-refractivity contribution in [2.75, 3.05) is 0 Å². The standard InChI is InChI=1S/C23H22ClF3/c1-2-3-13-4-7-16-14(10-13)5-8-17-18(16)12-21(26)22(23(17)27)15-6-9-19(24)20(25)11-15/h2-3,6,9,11-14,16H,4-5,7-8,10H2,1H3. The van der Waals surface area contributed by atoms with Crippen LogP contribution in [0.1, 0.15) is 49.7 Å². The summed E-state index contributed by atoms with van der Waals surface area (Å²) in [5.74, 6) is -0.567. The molecular weight excluding hydrogens is 369 g/mol. The van der Waals surface area contributed by atoms with E-state index < -0.39 is 17.5 Å². The zero-order chi connectivity index (χ0) is 19.1. The van der Waals surface area contributed by atoms with Crippen molar-refractivity contribution in [2.45, 2.75) is 44.9 Å². The van der Waals surface area contributed by atoms with Gasteiger partial charge in [0.15, 0.2) is 0 Å². The average Bonchev–Trinajstić information content (AvgIpc) is 2.64. The van der Waals surface area contributed by atoms with Gasteiger partial charge in [0.1, 0.15) is 17.5 Å². The van der Waals surface area contributed by atoms with Crippen molar-refractivity contribution >= 4 is 11.6 Å². The number of fused-ring (bicyclic) bond motifs is 3. The SMILES string of the molecule is CC=CC1CCC2c3cc(F)c(-c4ccc(Cl)c(F)c4)c(F)c3CCC2C1. The second kappa shape index (κ2) is 7.35. The lowest BCUT2D eigenvalue weighted by atomic mass is 9.65. The Hall–Kier alpha value is -1.74. The molecule has 3 atom stereocenters. The second-order valence-electron chi connectivity index (χ2n) is 7.75. The summed E-state index contributed by atoms with van der Waals surface area (Å²) in [4.78, 5) is 0. The van der Waals surface area contributed by atoms with Gasteiger partial charge in [-0.1, -0.05) is 29.8 Å². The highest BCUT2D eigenvalue weighted by molar-refractivity contribution is 6.30. The molecule has 0 saturated heterocycles. The highest BCUT2D eigenvalue weighted by Crippen LogP contribution is 2.49. The lowest BCUT2D eigenvalue weighted by Crippen LogP contribution is -2.28. The summed E-state index contributed by atoms with van der Waals surface area (Å²) >= 11 is 5.71. The number of rotatable bonds is 2. The minimum atomic E-state index is -0.673. The van der Waals surface area contributed by atoms with Crippen molar-refractivity contribution < 1.29 is 13.2 Å². The molecule has 2 aliphatic carbocycles. The van der Waals surface area contributed by atoms with Crippen molar-refractivity contribution in [1.82, 2.24) is 0 Å². The molecule has 0 nitrogen and oxygen atoms in total. The van der Waals surface area contributed by atoms with Gasteiger partial charge in [-0.05, 0) is 91.7 Å². The molecule has 1 fully saturated rings. The summed E-state index contributed by atoms with van der Waals surface area (Å²) in [6, 6.07) is 5.40. The van der Waals surface area contributed by atoms with Crippen LogP contribution in [0.4, 0.5) is 13.2 Å². The first-order valence-corrected chi connectivity index (χ1v) is 9.96. The molecule has 4 heteroatoms. The first kappa shape index (κ1) is 18.6. The van der Waals surface area contributed by atoms with Crippen LogP contribution in [-0.2, 0) is 6.42 Å². The van der Waals surface area contributed by atoms with E-state index in [2.05, 4.69) is 12.2 Å². The molecule has 2 aromatic carbocycles. The van der Waals surface area contributed by atoms with Crippen LogP contribution in [0, 0.1) is 29.3 Å². The fraction of sp³-hybridized carbons (Fsp3) is 0.391. The van der Waals surface area contributed by atoms with E-state index in [-0.39, 0.29) is 22.1 Å². The highest BCUT2D eigenvalue weighted by atomic mass is 35.5. The van der Waals surface area contributed by atoms with Gasteiger partial charge in [-0.2, -0.15) is 0 Å². The topological polar surface area (TPSA) is 0 Å². The molecule has 0 aromatic heterocycles. The molecule has 27 heavy (non-hydrogen) atoms. The highest BCUT2D eigenvalue weighted by Gasteiger charge is 2.37. The van der Waals surface area contributed by atoms with Gasteiger partial charge in [0.2, 0.25) is 0 Å². The van der Waals surface area contributed by atoms with E-state index in [1.54, 1.807) is 0 Å². The van der Waals surface area contributed by atoms with E-state index in [1.165, 1.54) is 18.2 Å². The first-order valence-electron chi connectivity index (χ1n) is 9.58. The Morgan fingerprint density at radius 1 is 1.04 bits per heavy atom. The van der Waals surface area contributed by atoms with Crippen molar-refractivity contribution in [1.29, 1.82) is 0 Å². The smallest absolute Gasteiger partial charge is 0.142 e. The van der Waals surface area contributed by atoms with Gasteiger partial charge in [-0.25, -0.2) is 13.2 Å². The van der Waals surface area contributed by atoms with E-state index in [1.807, 2.05) is 6.92 Å². The molecule has 4 rings (SSSR count). The van der Waals surface area contributed by atoms with E-state index in [9.17, 15) is 8.78 Å².